The first-order chi connectivity index (χ1) is 9.47. The van der Waals surface area contributed by atoms with E-state index >= 15 is 0 Å². The van der Waals surface area contributed by atoms with E-state index < -0.39 is 0 Å². The van der Waals surface area contributed by atoms with Crippen molar-refractivity contribution in [1.29, 1.82) is 0 Å². The van der Waals surface area contributed by atoms with Crippen molar-refractivity contribution < 1.29 is 4.79 Å². The molecule has 0 spiro atoms. The summed E-state index contributed by atoms with van der Waals surface area (Å²) in [5.74, 6) is -0.0474. The summed E-state index contributed by atoms with van der Waals surface area (Å²) in [5.41, 5.74) is 1.74. The molecule has 1 aromatic carbocycles. The molecule has 0 saturated heterocycles. The van der Waals surface area contributed by atoms with E-state index in [1.807, 2.05) is 50.5 Å². The summed E-state index contributed by atoms with van der Waals surface area (Å²) in [4.78, 5) is 13.1. The first kappa shape index (κ1) is 18.1. The van der Waals surface area contributed by atoms with Crippen LogP contribution in [0, 0.1) is 0 Å². The summed E-state index contributed by atoms with van der Waals surface area (Å²) in [7, 11) is 4.03. The molecule has 0 heterocycles. The molecule has 0 aliphatic heterocycles. The largest absolute Gasteiger partial charge is 0.352 e. The predicted molar refractivity (Wildman–Crippen MR) is 87.5 cm³/mol. The molecule has 3 heteroatoms. The molecule has 1 amide bonds. The zero-order chi connectivity index (χ0) is 15.4. The van der Waals surface area contributed by atoms with Crippen LogP contribution >= 0.6 is 0 Å². The van der Waals surface area contributed by atoms with Crippen molar-refractivity contribution in [2.24, 2.45) is 0 Å². The average Bonchev–Trinajstić information content (AvgIpc) is 2.44. The van der Waals surface area contributed by atoms with Crippen LogP contribution in [-0.4, -0.2) is 38.0 Å². The Kier molecular flexibility index (Phi) is 9.97. The Hall–Kier alpha value is -1.87. The number of hydrogen-bond acceptors (Lipinski definition) is 2. The maximum Gasteiger partial charge on any atom is 0.246 e. The second-order valence-corrected chi connectivity index (χ2v) is 4.81. The van der Waals surface area contributed by atoms with Gasteiger partial charge in [0.05, 0.1) is 0 Å². The highest BCUT2D eigenvalue weighted by atomic mass is 16.1. The van der Waals surface area contributed by atoms with Gasteiger partial charge in [0.1, 0.15) is 0 Å². The fourth-order valence-electron chi connectivity index (χ4n) is 1.34. The molecule has 110 valence electrons. The molecule has 0 aromatic heterocycles. The Labute approximate surface area is 123 Å². The molecule has 0 aliphatic rings. The van der Waals surface area contributed by atoms with Crippen LogP contribution in [0.3, 0.4) is 0 Å². The van der Waals surface area contributed by atoms with Gasteiger partial charge in [-0.15, -0.1) is 0 Å². The zero-order valence-electron chi connectivity index (χ0n) is 12.9. The standard InChI is InChI=1S/C9H18N2O.C8H8/c1-8(2)9(12)10-6-5-7-11(3)4;1-2-8-6-4-3-5-7-8/h1,5-7H2,2-4H3,(H,10,12);2-7H,1H2. The van der Waals surface area contributed by atoms with E-state index in [-0.39, 0.29) is 5.91 Å². The maximum absolute atomic E-state index is 11.0. The fraction of sp³-hybridized carbons (Fsp3) is 0.353. The first-order valence-corrected chi connectivity index (χ1v) is 6.73. The molecule has 1 N–H and O–H groups in total. The van der Waals surface area contributed by atoms with E-state index in [1.54, 1.807) is 6.92 Å². The van der Waals surface area contributed by atoms with Crippen molar-refractivity contribution in [3.05, 3.63) is 54.6 Å². The first-order valence-electron chi connectivity index (χ1n) is 6.73. The van der Waals surface area contributed by atoms with Gasteiger partial charge in [-0.2, -0.15) is 0 Å². The molecule has 0 fully saturated rings. The van der Waals surface area contributed by atoms with Gasteiger partial charge in [0.2, 0.25) is 5.91 Å². The molecule has 0 aliphatic carbocycles. The zero-order valence-corrected chi connectivity index (χ0v) is 12.9. The second-order valence-electron chi connectivity index (χ2n) is 4.81. The van der Waals surface area contributed by atoms with E-state index in [1.165, 1.54) is 5.56 Å². The van der Waals surface area contributed by atoms with Gasteiger partial charge in [0, 0.05) is 12.1 Å². The Morgan fingerprint density at radius 3 is 2.30 bits per heavy atom. The van der Waals surface area contributed by atoms with Gasteiger partial charge in [-0.1, -0.05) is 49.6 Å². The van der Waals surface area contributed by atoms with E-state index in [2.05, 4.69) is 23.4 Å². The normalized spacial score (nSPS) is 9.40. The summed E-state index contributed by atoms with van der Waals surface area (Å²) in [6, 6.07) is 10.0. The molecule has 1 rings (SSSR count). The van der Waals surface area contributed by atoms with Crippen LogP contribution in [0.2, 0.25) is 0 Å². The summed E-state index contributed by atoms with van der Waals surface area (Å²) in [6.07, 6.45) is 2.81. The van der Waals surface area contributed by atoms with Gasteiger partial charge >= 0.3 is 0 Å². The van der Waals surface area contributed by atoms with E-state index in [0.717, 1.165) is 19.5 Å². The minimum absolute atomic E-state index is 0.0474. The minimum Gasteiger partial charge on any atom is -0.352 e. The molecular formula is C17H26N2O. The van der Waals surface area contributed by atoms with Gasteiger partial charge in [-0.3, -0.25) is 4.79 Å². The number of carbonyl (C=O) groups excluding carboxylic acids is 1. The lowest BCUT2D eigenvalue weighted by Gasteiger charge is -2.09. The van der Waals surface area contributed by atoms with Crippen LogP contribution in [0.1, 0.15) is 18.9 Å². The van der Waals surface area contributed by atoms with Crippen molar-refractivity contribution in [3.63, 3.8) is 0 Å². The fourth-order valence-corrected chi connectivity index (χ4v) is 1.34. The Morgan fingerprint density at radius 1 is 1.30 bits per heavy atom. The lowest BCUT2D eigenvalue weighted by Crippen LogP contribution is -2.27. The van der Waals surface area contributed by atoms with Crippen molar-refractivity contribution in [2.75, 3.05) is 27.2 Å². The molecule has 0 radical (unpaired) electrons. The minimum atomic E-state index is -0.0474. The van der Waals surface area contributed by atoms with Crippen LogP contribution < -0.4 is 5.32 Å². The third-order valence-corrected chi connectivity index (χ3v) is 2.49. The van der Waals surface area contributed by atoms with Gasteiger partial charge < -0.3 is 10.2 Å². The third-order valence-electron chi connectivity index (χ3n) is 2.49. The summed E-state index contributed by atoms with van der Waals surface area (Å²) < 4.78 is 0. The van der Waals surface area contributed by atoms with Gasteiger partial charge in [-0.05, 0) is 39.5 Å². The number of carbonyl (C=O) groups is 1. The second kappa shape index (κ2) is 11.0. The Morgan fingerprint density at radius 2 is 1.90 bits per heavy atom. The highest BCUT2D eigenvalue weighted by Crippen LogP contribution is 1.97. The van der Waals surface area contributed by atoms with Crippen molar-refractivity contribution in [1.82, 2.24) is 10.2 Å². The van der Waals surface area contributed by atoms with E-state index in [9.17, 15) is 4.79 Å². The van der Waals surface area contributed by atoms with E-state index in [0.29, 0.717) is 5.57 Å². The van der Waals surface area contributed by atoms with Gasteiger partial charge in [0.15, 0.2) is 0 Å². The van der Waals surface area contributed by atoms with Crippen molar-refractivity contribution >= 4 is 12.0 Å². The van der Waals surface area contributed by atoms with Gasteiger partial charge in [-0.25, -0.2) is 0 Å². The summed E-state index contributed by atoms with van der Waals surface area (Å²) >= 11 is 0. The number of nitrogens with zero attached hydrogens (tertiary/aromatic N) is 1. The number of benzene rings is 1. The molecule has 20 heavy (non-hydrogen) atoms. The topological polar surface area (TPSA) is 32.3 Å². The van der Waals surface area contributed by atoms with E-state index in [4.69, 9.17) is 0 Å². The van der Waals surface area contributed by atoms with Crippen LogP contribution in [-0.2, 0) is 4.79 Å². The van der Waals surface area contributed by atoms with Crippen LogP contribution in [0.5, 0.6) is 0 Å². The van der Waals surface area contributed by atoms with Crippen LogP contribution in [0.25, 0.3) is 6.08 Å². The summed E-state index contributed by atoms with van der Waals surface area (Å²) in [6.45, 7) is 10.6. The highest BCUT2D eigenvalue weighted by Gasteiger charge is 1.99. The highest BCUT2D eigenvalue weighted by molar-refractivity contribution is 5.91. The number of nitrogens with one attached hydrogen (secondary N) is 1. The maximum atomic E-state index is 11.0. The predicted octanol–water partition coefficient (Wildman–Crippen LogP) is 2.96. The average molecular weight is 274 g/mol. The van der Waals surface area contributed by atoms with Gasteiger partial charge in [0.25, 0.3) is 0 Å². The molecule has 0 saturated carbocycles. The Bertz CT molecular complexity index is 410. The molecule has 3 nitrogen and oxygen atoms in total. The lowest BCUT2D eigenvalue weighted by molar-refractivity contribution is -0.117. The molecule has 0 atom stereocenters. The third kappa shape index (κ3) is 10.1. The number of rotatable bonds is 6. The number of hydrogen-bond donors (Lipinski definition) is 1. The van der Waals surface area contributed by atoms with Crippen LogP contribution in [0.15, 0.2) is 49.1 Å². The molecule has 0 unspecified atom stereocenters. The SMILES string of the molecule is C=C(C)C(=O)NCCCN(C)C.C=Cc1ccccc1. The van der Waals surface area contributed by atoms with Crippen molar-refractivity contribution in [2.45, 2.75) is 13.3 Å². The lowest BCUT2D eigenvalue weighted by atomic mass is 10.2. The molecular weight excluding hydrogens is 248 g/mol. The monoisotopic (exact) mass is 274 g/mol. The molecule has 1 aromatic rings. The smallest absolute Gasteiger partial charge is 0.246 e. The number of amides is 1. The quantitative estimate of drug-likeness (QED) is 0.639. The summed E-state index contributed by atoms with van der Waals surface area (Å²) in [5, 5.41) is 2.77. The molecule has 0 bridgehead atoms. The van der Waals surface area contributed by atoms with Crippen molar-refractivity contribution in [3.8, 4) is 0 Å². The Balaban J connectivity index is 0.000000388. The van der Waals surface area contributed by atoms with Crippen LogP contribution in [0.4, 0.5) is 0 Å².